The third-order valence-electron chi connectivity index (χ3n) is 1.79. The molecule has 0 spiro atoms. The first-order chi connectivity index (χ1) is 7.18. The molecule has 0 unspecified atom stereocenters. The first-order valence-corrected chi connectivity index (χ1v) is 6.25. The molecule has 0 fully saturated rings. The normalized spacial score (nSPS) is 10.3. The van der Waals surface area contributed by atoms with Gasteiger partial charge in [0.15, 0.2) is 0 Å². The molecule has 15 heavy (non-hydrogen) atoms. The Kier molecular flexibility index (Phi) is 5.26. The Labute approximate surface area is 95.5 Å². The van der Waals surface area contributed by atoms with Crippen LogP contribution in [0.15, 0.2) is 30.3 Å². The van der Waals surface area contributed by atoms with Crippen LogP contribution in [0.3, 0.4) is 0 Å². The molecule has 0 saturated carbocycles. The van der Waals surface area contributed by atoms with Crippen molar-refractivity contribution in [2.45, 2.75) is 25.6 Å². The number of thioether (sulfide) groups is 1. The van der Waals surface area contributed by atoms with Crippen LogP contribution < -0.4 is 5.32 Å². The molecule has 1 N–H and O–H groups in total. The van der Waals surface area contributed by atoms with Gasteiger partial charge in [0, 0.05) is 11.8 Å². The van der Waals surface area contributed by atoms with E-state index in [1.165, 1.54) is 5.56 Å². The lowest BCUT2D eigenvalue weighted by atomic mass is 10.2. The van der Waals surface area contributed by atoms with Crippen molar-refractivity contribution in [1.82, 2.24) is 5.32 Å². The van der Waals surface area contributed by atoms with E-state index in [2.05, 4.69) is 17.4 Å². The third kappa shape index (κ3) is 5.47. The Hall–Kier alpha value is -0.960. The van der Waals surface area contributed by atoms with Crippen molar-refractivity contribution in [3.05, 3.63) is 35.9 Å². The van der Waals surface area contributed by atoms with Gasteiger partial charge in [-0.2, -0.15) is 0 Å². The molecule has 0 atom stereocenters. The van der Waals surface area contributed by atoms with Crippen molar-refractivity contribution < 1.29 is 4.79 Å². The van der Waals surface area contributed by atoms with E-state index < -0.39 is 0 Å². The van der Waals surface area contributed by atoms with E-state index in [-0.39, 0.29) is 11.9 Å². The van der Waals surface area contributed by atoms with Crippen LogP contribution in [0, 0.1) is 0 Å². The molecule has 0 bridgehead atoms. The van der Waals surface area contributed by atoms with Gasteiger partial charge in [-0.3, -0.25) is 4.79 Å². The van der Waals surface area contributed by atoms with Crippen LogP contribution in [0.4, 0.5) is 0 Å². The molecule has 1 rings (SSSR count). The zero-order valence-electron chi connectivity index (χ0n) is 9.19. The first kappa shape index (κ1) is 12.1. The highest BCUT2D eigenvalue weighted by molar-refractivity contribution is 7.99. The van der Waals surface area contributed by atoms with Crippen LogP contribution in [-0.2, 0) is 10.5 Å². The van der Waals surface area contributed by atoms with Crippen LogP contribution in [-0.4, -0.2) is 17.7 Å². The smallest absolute Gasteiger partial charge is 0.230 e. The number of benzene rings is 1. The van der Waals surface area contributed by atoms with E-state index in [1.54, 1.807) is 11.8 Å². The van der Waals surface area contributed by atoms with Crippen LogP contribution in [0.1, 0.15) is 19.4 Å². The number of carbonyl (C=O) groups is 1. The Morgan fingerprint density at radius 2 is 2.00 bits per heavy atom. The van der Waals surface area contributed by atoms with Crippen LogP contribution in [0.2, 0.25) is 0 Å². The molecule has 82 valence electrons. The van der Waals surface area contributed by atoms with E-state index in [0.717, 1.165) is 5.75 Å². The summed E-state index contributed by atoms with van der Waals surface area (Å²) < 4.78 is 0. The van der Waals surface area contributed by atoms with Gasteiger partial charge >= 0.3 is 0 Å². The third-order valence-corrected chi connectivity index (χ3v) is 2.80. The van der Waals surface area contributed by atoms with Crippen LogP contribution in [0.25, 0.3) is 0 Å². The highest BCUT2D eigenvalue weighted by atomic mass is 32.2. The molecule has 0 radical (unpaired) electrons. The van der Waals surface area contributed by atoms with Gasteiger partial charge in [-0.25, -0.2) is 0 Å². The average Bonchev–Trinajstić information content (AvgIpc) is 2.18. The predicted octanol–water partition coefficient (Wildman–Crippen LogP) is 2.44. The molecule has 1 aromatic carbocycles. The second-order valence-corrected chi connectivity index (χ2v) is 4.69. The highest BCUT2D eigenvalue weighted by Gasteiger charge is 2.02. The van der Waals surface area contributed by atoms with Gasteiger partial charge in [-0.15, -0.1) is 11.8 Å². The van der Waals surface area contributed by atoms with Gasteiger partial charge < -0.3 is 5.32 Å². The van der Waals surface area contributed by atoms with Crippen LogP contribution >= 0.6 is 11.8 Å². The largest absolute Gasteiger partial charge is 0.353 e. The van der Waals surface area contributed by atoms with Gasteiger partial charge in [0.05, 0.1) is 5.75 Å². The summed E-state index contributed by atoms with van der Waals surface area (Å²) in [4.78, 5) is 11.3. The Balaban J connectivity index is 2.19. The molecule has 0 aromatic heterocycles. The standard InChI is InChI=1S/C12H17NOS/c1-10(2)13-12(14)9-15-8-11-6-4-3-5-7-11/h3-7,10H,8-9H2,1-2H3,(H,13,14). The van der Waals surface area contributed by atoms with E-state index in [1.807, 2.05) is 32.0 Å². The van der Waals surface area contributed by atoms with Crippen molar-refractivity contribution in [1.29, 1.82) is 0 Å². The maximum absolute atomic E-state index is 11.3. The van der Waals surface area contributed by atoms with Crippen molar-refractivity contribution in [3.63, 3.8) is 0 Å². The second-order valence-electron chi connectivity index (χ2n) is 3.70. The van der Waals surface area contributed by atoms with E-state index in [4.69, 9.17) is 0 Å². The zero-order valence-corrected chi connectivity index (χ0v) is 10.0. The number of hydrogen-bond acceptors (Lipinski definition) is 2. The summed E-state index contributed by atoms with van der Waals surface area (Å²) in [6, 6.07) is 10.4. The molecular weight excluding hydrogens is 206 g/mol. The summed E-state index contributed by atoms with van der Waals surface area (Å²) in [5.41, 5.74) is 1.26. The second kappa shape index (κ2) is 6.51. The Morgan fingerprint density at radius 1 is 1.33 bits per heavy atom. The fraction of sp³-hybridized carbons (Fsp3) is 0.417. The molecule has 1 amide bonds. The molecule has 0 heterocycles. The molecule has 3 heteroatoms. The van der Waals surface area contributed by atoms with Gasteiger partial charge in [0.2, 0.25) is 5.91 Å². The number of amides is 1. The lowest BCUT2D eigenvalue weighted by molar-refractivity contribution is -0.119. The topological polar surface area (TPSA) is 29.1 Å². The zero-order chi connectivity index (χ0) is 11.1. The van der Waals surface area contributed by atoms with Gasteiger partial charge in [-0.1, -0.05) is 30.3 Å². The Morgan fingerprint density at radius 3 is 2.60 bits per heavy atom. The van der Waals surface area contributed by atoms with Crippen LogP contribution in [0.5, 0.6) is 0 Å². The molecular formula is C12H17NOS. The Bertz CT molecular complexity index is 298. The summed E-state index contributed by atoms with van der Waals surface area (Å²) in [6.45, 7) is 3.94. The van der Waals surface area contributed by atoms with Gasteiger partial charge in [0.25, 0.3) is 0 Å². The minimum absolute atomic E-state index is 0.117. The highest BCUT2D eigenvalue weighted by Crippen LogP contribution is 2.10. The summed E-state index contributed by atoms with van der Waals surface area (Å²) in [6.07, 6.45) is 0. The van der Waals surface area contributed by atoms with Crippen molar-refractivity contribution in [2.24, 2.45) is 0 Å². The summed E-state index contributed by atoms with van der Waals surface area (Å²) in [7, 11) is 0. The van der Waals surface area contributed by atoms with Gasteiger partial charge in [-0.05, 0) is 19.4 Å². The van der Waals surface area contributed by atoms with Crippen molar-refractivity contribution in [3.8, 4) is 0 Å². The maximum atomic E-state index is 11.3. The minimum atomic E-state index is 0.117. The fourth-order valence-corrected chi connectivity index (χ4v) is 2.00. The number of rotatable bonds is 5. The summed E-state index contributed by atoms with van der Waals surface area (Å²) in [5.74, 6) is 1.55. The number of nitrogens with one attached hydrogen (secondary N) is 1. The van der Waals surface area contributed by atoms with Crippen molar-refractivity contribution >= 4 is 17.7 Å². The SMILES string of the molecule is CC(C)NC(=O)CSCc1ccccc1. The lowest BCUT2D eigenvalue weighted by Gasteiger charge is -2.07. The number of carbonyl (C=O) groups excluding carboxylic acids is 1. The molecule has 2 nitrogen and oxygen atoms in total. The average molecular weight is 223 g/mol. The minimum Gasteiger partial charge on any atom is -0.353 e. The summed E-state index contributed by atoms with van der Waals surface area (Å²) >= 11 is 1.64. The first-order valence-electron chi connectivity index (χ1n) is 5.09. The van der Waals surface area contributed by atoms with Crippen molar-refractivity contribution in [2.75, 3.05) is 5.75 Å². The lowest BCUT2D eigenvalue weighted by Crippen LogP contribution is -2.31. The van der Waals surface area contributed by atoms with E-state index in [9.17, 15) is 4.79 Å². The van der Waals surface area contributed by atoms with Gasteiger partial charge in [0.1, 0.15) is 0 Å². The molecule has 0 aliphatic rings. The predicted molar refractivity (Wildman–Crippen MR) is 65.9 cm³/mol. The maximum Gasteiger partial charge on any atom is 0.230 e. The molecule has 0 aliphatic carbocycles. The summed E-state index contributed by atoms with van der Waals surface area (Å²) in [5, 5.41) is 2.87. The quantitative estimate of drug-likeness (QED) is 0.830. The number of hydrogen-bond donors (Lipinski definition) is 1. The molecule has 1 aromatic rings. The van der Waals surface area contributed by atoms with E-state index in [0.29, 0.717) is 5.75 Å². The fourth-order valence-electron chi connectivity index (χ4n) is 1.20. The van der Waals surface area contributed by atoms with E-state index >= 15 is 0 Å². The molecule has 0 aliphatic heterocycles. The monoisotopic (exact) mass is 223 g/mol. The molecule has 0 saturated heterocycles.